The molecule has 0 fully saturated rings. The molecule has 0 aliphatic carbocycles. The van der Waals surface area contributed by atoms with Gasteiger partial charge in [-0.15, -0.1) is 0 Å². The fourth-order valence-electron chi connectivity index (χ4n) is 2.18. The van der Waals surface area contributed by atoms with E-state index in [4.69, 9.17) is 4.74 Å². The number of ether oxygens (including phenoxy) is 1. The third kappa shape index (κ3) is 4.94. The number of amides is 1. The maximum atomic E-state index is 12.2. The van der Waals surface area contributed by atoms with Crippen LogP contribution in [0.25, 0.3) is 0 Å². The van der Waals surface area contributed by atoms with Crippen molar-refractivity contribution in [1.29, 1.82) is 0 Å². The Balaban J connectivity index is 2.18. The summed E-state index contributed by atoms with van der Waals surface area (Å²) < 4.78 is 5.59. The molecule has 0 bridgehead atoms. The highest BCUT2D eigenvalue weighted by atomic mass is 16.5. The summed E-state index contributed by atoms with van der Waals surface area (Å²) in [5, 5.41) is 6.00. The lowest BCUT2D eigenvalue weighted by Gasteiger charge is -2.12. The van der Waals surface area contributed by atoms with Crippen LogP contribution in [0.5, 0.6) is 5.75 Å². The Kier molecular flexibility index (Phi) is 6.54. The summed E-state index contributed by atoms with van der Waals surface area (Å²) in [6, 6.07) is 9.25. The minimum Gasteiger partial charge on any atom is -0.492 e. The number of aromatic nitrogens is 2. The molecule has 2 rings (SSSR count). The number of hydrogen-bond donors (Lipinski definition) is 2. The van der Waals surface area contributed by atoms with Gasteiger partial charge in [-0.2, -0.15) is 0 Å². The van der Waals surface area contributed by atoms with Crippen molar-refractivity contribution in [2.24, 2.45) is 0 Å². The smallest absolute Gasteiger partial charge is 0.270 e. The van der Waals surface area contributed by atoms with E-state index in [1.807, 2.05) is 38.1 Å². The number of benzene rings is 1. The molecule has 0 aliphatic heterocycles. The maximum Gasteiger partial charge on any atom is 0.270 e. The van der Waals surface area contributed by atoms with Gasteiger partial charge in [0.25, 0.3) is 5.91 Å². The summed E-state index contributed by atoms with van der Waals surface area (Å²) >= 11 is 0. The van der Waals surface area contributed by atoms with Gasteiger partial charge in [0, 0.05) is 12.2 Å². The Morgan fingerprint density at radius 3 is 2.75 bits per heavy atom. The zero-order valence-corrected chi connectivity index (χ0v) is 14.4. The summed E-state index contributed by atoms with van der Waals surface area (Å²) in [5.74, 6) is 0.914. The number of anilines is 2. The summed E-state index contributed by atoms with van der Waals surface area (Å²) in [6.07, 6.45) is 1.98. The zero-order valence-electron chi connectivity index (χ0n) is 14.4. The number of hydrogen-bond acceptors (Lipinski definition) is 5. The Morgan fingerprint density at radius 1 is 1.21 bits per heavy atom. The Labute approximate surface area is 142 Å². The third-order valence-electron chi connectivity index (χ3n) is 3.34. The number of para-hydroxylation sites is 2. The second-order valence-electron chi connectivity index (χ2n) is 5.38. The lowest BCUT2D eigenvalue weighted by atomic mass is 10.3. The standard InChI is InChI=1S/C18H24N4O2/c1-4-6-11-19-17(23)15-12-13(3)20-18(22-15)21-14-9-7-8-10-16(14)24-5-2/h7-10,12H,4-6,11H2,1-3H3,(H,19,23)(H,20,21,22). The molecule has 2 N–H and O–H groups in total. The Hall–Kier alpha value is -2.63. The number of aryl methyl sites for hydroxylation is 1. The van der Waals surface area contributed by atoms with Crippen LogP contribution in [0.2, 0.25) is 0 Å². The molecule has 0 spiro atoms. The van der Waals surface area contributed by atoms with Crippen molar-refractivity contribution in [3.63, 3.8) is 0 Å². The first-order valence-corrected chi connectivity index (χ1v) is 8.26. The number of rotatable bonds is 8. The molecule has 128 valence electrons. The fourth-order valence-corrected chi connectivity index (χ4v) is 2.18. The van der Waals surface area contributed by atoms with Gasteiger partial charge in [-0.3, -0.25) is 4.79 Å². The van der Waals surface area contributed by atoms with Crippen molar-refractivity contribution in [3.05, 3.63) is 41.7 Å². The third-order valence-corrected chi connectivity index (χ3v) is 3.34. The summed E-state index contributed by atoms with van der Waals surface area (Å²) in [4.78, 5) is 20.9. The van der Waals surface area contributed by atoms with E-state index in [0.29, 0.717) is 24.8 Å². The SMILES string of the molecule is CCCCNC(=O)c1cc(C)nc(Nc2ccccc2OCC)n1. The summed E-state index contributed by atoms with van der Waals surface area (Å²) in [7, 11) is 0. The molecule has 0 atom stereocenters. The van der Waals surface area contributed by atoms with Gasteiger partial charge in [-0.1, -0.05) is 25.5 Å². The monoisotopic (exact) mass is 328 g/mol. The van der Waals surface area contributed by atoms with Crippen molar-refractivity contribution in [2.45, 2.75) is 33.6 Å². The van der Waals surface area contributed by atoms with Crippen LogP contribution >= 0.6 is 0 Å². The van der Waals surface area contributed by atoms with E-state index >= 15 is 0 Å². The van der Waals surface area contributed by atoms with Gasteiger partial charge in [0.15, 0.2) is 0 Å². The Morgan fingerprint density at radius 2 is 2.00 bits per heavy atom. The van der Waals surface area contributed by atoms with Gasteiger partial charge >= 0.3 is 0 Å². The predicted molar refractivity (Wildman–Crippen MR) is 94.9 cm³/mol. The second kappa shape index (κ2) is 8.86. The van der Waals surface area contributed by atoms with Crippen LogP contribution in [-0.2, 0) is 0 Å². The van der Waals surface area contributed by atoms with Gasteiger partial charge in [0.2, 0.25) is 5.95 Å². The van der Waals surface area contributed by atoms with E-state index in [-0.39, 0.29) is 5.91 Å². The van der Waals surface area contributed by atoms with Gasteiger partial charge in [-0.05, 0) is 38.5 Å². The molecule has 1 aromatic carbocycles. The minimum absolute atomic E-state index is 0.185. The number of unbranched alkanes of at least 4 members (excludes halogenated alkanes) is 1. The van der Waals surface area contributed by atoms with Crippen LogP contribution in [0.4, 0.5) is 11.6 Å². The van der Waals surface area contributed by atoms with Crippen molar-refractivity contribution in [1.82, 2.24) is 15.3 Å². The lowest BCUT2D eigenvalue weighted by molar-refractivity contribution is 0.0948. The normalized spacial score (nSPS) is 10.3. The van der Waals surface area contributed by atoms with E-state index in [1.54, 1.807) is 6.07 Å². The quantitative estimate of drug-likeness (QED) is 0.726. The van der Waals surface area contributed by atoms with E-state index < -0.39 is 0 Å². The average molecular weight is 328 g/mol. The minimum atomic E-state index is -0.185. The van der Waals surface area contributed by atoms with E-state index in [9.17, 15) is 4.79 Å². The molecule has 0 radical (unpaired) electrons. The van der Waals surface area contributed by atoms with Crippen LogP contribution in [0.3, 0.4) is 0 Å². The molecule has 1 amide bonds. The predicted octanol–water partition coefficient (Wildman–Crippen LogP) is 3.46. The Bertz CT molecular complexity index is 688. The molecule has 0 unspecified atom stereocenters. The van der Waals surface area contributed by atoms with Crippen molar-refractivity contribution >= 4 is 17.5 Å². The van der Waals surface area contributed by atoms with Crippen molar-refractivity contribution in [2.75, 3.05) is 18.5 Å². The highest BCUT2D eigenvalue weighted by Gasteiger charge is 2.11. The van der Waals surface area contributed by atoms with Crippen molar-refractivity contribution < 1.29 is 9.53 Å². The molecule has 1 aromatic heterocycles. The maximum absolute atomic E-state index is 12.2. The van der Waals surface area contributed by atoms with Gasteiger partial charge in [-0.25, -0.2) is 9.97 Å². The molecule has 0 saturated carbocycles. The summed E-state index contributed by atoms with van der Waals surface area (Å²) in [5.41, 5.74) is 1.85. The molecular weight excluding hydrogens is 304 g/mol. The average Bonchev–Trinajstić information content (AvgIpc) is 2.56. The lowest BCUT2D eigenvalue weighted by Crippen LogP contribution is -2.25. The van der Waals surface area contributed by atoms with Crippen LogP contribution in [-0.4, -0.2) is 29.0 Å². The number of nitrogens with zero attached hydrogens (tertiary/aromatic N) is 2. The number of nitrogens with one attached hydrogen (secondary N) is 2. The van der Waals surface area contributed by atoms with Crippen LogP contribution in [0.15, 0.2) is 30.3 Å². The first-order chi connectivity index (χ1) is 11.6. The van der Waals surface area contributed by atoms with E-state index in [1.165, 1.54) is 0 Å². The molecule has 2 aromatic rings. The van der Waals surface area contributed by atoms with E-state index in [2.05, 4.69) is 27.5 Å². The van der Waals surface area contributed by atoms with Crippen molar-refractivity contribution in [3.8, 4) is 5.75 Å². The molecule has 6 heteroatoms. The summed E-state index contributed by atoms with van der Waals surface area (Å²) in [6.45, 7) is 7.06. The van der Waals surface area contributed by atoms with Crippen LogP contribution in [0, 0.1) is 6.92 Å². The number of carbonyl (C=O) groups is 1. The highest BCUT2D eigenvalue weighted by Crippen LogP contribution is 2.26. The first-order valence-electron chi connectivity index (χ1n) is 8.26. The zero-order chi connectivity index (χ0) is 17.4. The fraction of sp³-hybridized carbons (Fsp3) is 0.389. The van der Waals surface area contributed by atoms with Gasteiger partial charge < -0.3 is 15.4 Å². The highest BCUT2D eigenvalue weighted by molar-refractivity contribution is 5.92. The largest absolute Gasteiger partial charge is 0.492 e. The van der Waals surface area contributed by atoms with Gasteiger partial charge in [0.05, 0.1) is 12.3 Å². The molecule has 24 heavy (non-hydrogen) atoms. The molecule has 6 nitrogen and oxygen atoms in total. The number of carbonyl (C=O) groups excluding carboxylic acids is 1. The molecular formula is C18H24N4O2. The van der Waals surface area contributed by atoms with Gasteiger partial charge in [0.1, 0.15) is 11.4 Å². The first kappa shape index (κ1) is 17.7. The van der Waals surface area contributed by atoms with Crippen LogP contribution < -0.4 is 15.4 Å². The van der Waals surface area contributed by atoms with E-state index in [0.717, 1.165) is 30.0 Å². The molecule has 0 aliphatic rings. The topological polar surface area (TPSA) is 76.1 Å². The second-order valence-corrected chi connectivity index (χ2v) is 5.38. The molecule has 1 heterocycles. The molecule has 0 saturated heterocycles. The van der Waals surface area contributed by atoms with Crippen LogP contribution in [0.1, 0.15) is 42.9 Å².